The Kier molecular flexibility index (Phi) is 4.82. The fraction of sp³-hybridized carbons (Fsp3) is 0.235. The highest BCUT2D eigenvalue weighted by atomic mass is 16.5. The topological polar surface area (TPSA) is 61.6 Å². The molecule has 0 heterocycles. The average Bonchev–Trinajstić information content (AvgIpc) is 2.47. The Hall–Kier alpha value is -2.49. The minimum absolute atomic E-state index is 0.434. The number of rotatable bonds is 6. The molecule has 0 aliphatic carbocycles. The molecule has 2 rings (SSSR count). The molecule has 0 saturated carbocycles. The maximum absolute atomic E-state index is 11.0. The number of nitrogens with two attached hydrogens (primary N) is 1. The Labute approximate surface area is 124 Å². The number of hydrogen-bond acceptors (Lipinski definition) is 3. The van der Waals surface area contributed by atoms with E-state index in [0.29, 0.717) is 24.5 Å². The third-order valence-corrected chi connectivity index (χ3v) is 3.09. The number of aryl methyl sites for hydroxylation is 2. The predicted molar refractivity (Wildman–Crippen MR) is 81.9 cm³/mol. The monoisotopic (exact) mass is 285 g/mol. The molecule has 0 aromatic heterocycles. The minimum Gasteiger partial charge on any atom is -0.490 e. The van der Waals surface area contributed by atoms with Gasteiger partial charge in [0.15, 0.2) is 0 Å². The van der Waals surface area contributed by atoms with E-state index in [1.165, 1.54) is 5.56 Å². The van der Waals surface area contributed by atoms with Crippen molar-refractivity contribution < 1.29 is 14.3 Å². The molecule has 2 aromatic carbocycles. The van der Waals surface area contributed by atoms with Crippen LogP contribution >= 0.6 is 0 Å². The highest BCUT2D eigenvalue weighted by Crippen LogP contribution is 2.19. The van der Waals surface area contributed by atoms with E-state index >= 15 is 0 Å². The molecule has 0 unspecified atom stereocenters. The van der Waals surface area contributed by atoms with Crippen LogP contribution in [0.5, 0.6) is 11.5 Å². The highest BCUT2D eigenvalue weighted by molar-refractivity contribution is 5.92. The van der Waals surface area contributed by atoms with Gasteiger partial charge in [-0.15, -0.1) is 0 Å². The number of carbonyl (C=O) groups excluding carboxylic acids is 1. The van der Waals surface area contributed by atoms with E-state index in [1.54, 1.807) is 24.3 Å². The summed E-state index contributed by atoms with van der Waals surface area (Å²) in [4.78, 5) is 11.0. The van der Waals surface area contributed by atoms with Gasteiger partial charge in [0.25, 0.3) is 0 Å². The van der Waals surface area contributed by atoms with Crippen LogP contribution in [0.15, 0.2) is 42.5 Å². The molecular formula is C17H19NO3. The van der Waals surface area contributed by atoms with Crippen molar-refractivity contribution >= 4 is 5.91 Å². The maximum Gasteiger partial charge on any atom is 0.248 e. The summed E-state index contributed by atoms with van der Waals surface area (Å²) in [6, 6.07) is 12.8. The SMILES string of the molecule is Cc1ccc(C)c(OCCOc2ccc(C(N)=O)cc2)c1. The fourth-order valence-corrected chi connectivity index (χ4v) is 1.89. The highest BCUT2D eigenvalue weighted by Gasteiger charge is 2.02. The molecule has 0 fully saturated rings. The lowest BCUT2D eigenvalue weighted by atomic mass is 10.1. The van der Waals surface area contributed by atoms with Crippen molar-refractivity contribution in [3.05, 3.63) is 59.2 Å². The second-order valence-corrected chi connectivity index (χ2v) is 4.85. The molecule has 2 aromatic rings. The van der Waals surface area contributed by atoms with Gasteiger partial charge in [0, 0.05) is 5.56 Å². The predicted octanol–water partition coefficient (Wildman–Crippen LogP) is 2.86. The Morgan fingerprint density at radius 3 is 2.33 bits per heavy atom. The minimum atomic E-state index is -0.445. The summed E-state index contributed by atoms with van der Waals surface area (Å²) in [7, 11) is 0. The lowest BCUT2D eigenvalue weighted by Crippen LogP contribution is -2.11. The van der Waals surface area contributed by atoms with Crippen molar-refractivity contribution in [3.63, 3.8) is 0 Å². The van der Waals surface area contributed by atoms with Crippen LogP contribution in [-0.4, -0.2) is 19.1 Å². The molecule has 4 nitrogen and oxygen atoms in total. The van der Waals surface area contributed by atoms with E-state index in [-0.39, 0.29) is 0 Å². The van der Waals surface area contributed by atoms with Crippen LogP contribution in [0.4, 0.5) is 0 Å². The number of ether oxygens (including phenoxy) is 2. The second-order valence-electron chi connectivity index (χ2n) is 4.85. The Morgan fingerprint density at radius 1 is 1.00 bits per heavy atom. The van der Waals surface area contributed by atoms with E-state index in [9.17, 15) is 4.79 Å². The van der Waals surface area contributed by atoms with Crippen molar-refractivity contribution in [2.45, 2.75) is 13.8 Å². The molecule has 110 valence electrons. The first kappa shape index (κ1) is 14.9. The van der Waals surface area contributed by atoms with Gasteiger partial charge in [-0.3, -0.25) is 4.79 Å². The fourth-order valence-electron chi connectivity index (χ4n) is 1.89. The molecule has 21 heavy (non-hydrogen) atoms. The van der Waals surface area contributed by atoms with Crippen molar-refractivity contribution in [1.29, 1.82) is 0 Å². The van der Waals surface area contributed by atoms with Crippen LogP contribution in [-0.2, 0) is 0 Å². The van der Waals surface area contributed by atoms with Gasteiger partial charge in [0.2, 0.25) is 5.91 Å². The first-order valence-corrected chi connectivity index (χ1v) is 6.79. The molecule has 0 spiro atoms. The number of carbonyl (C=O) groups is 1. The van der Waals surface area contributed by atoms with Crippen molar-refractivity contribution in [1.82, 2.24) is 0 Å². The average molecular weight is 285 g/mol. The van der Waals surface area contributed by atoms with E-state index in [1.807, 2.05) is 26.0 Å². The molecule has 0 radical (unpaired) electrons. The number of benzene rings is 2. The van der Waals surface area contributed by atoms with Gasteiger partial charge < -0.3 is 15.2 Å². The molecule has 0 bridgehead atoms. The largest absolute Gasteiger partial charge is 0.490 e. The van der Waals surface area contributed by atoms with Crippen molar-refractivity contribution in [2.75, 3.05) is 13.2 Å². The van der Waals surface area contributed by atoms with Gasteiger partial charge in [-0.2, -0.15) is 0 Å². The van der Waals surface area contributed by atoms with Crippen LogP contribution in [0.1, 0.15) is 21.5 Å². The third kappa shape index (κ3) is 4.24. The second kappa shape index (κ2) is 6.79. The zero-order chi connectivity index (χ0) is 15.2. The maximum atomic E-state index is 11.0. The quantitative estimate of drug-likeness (QED) is 0.830. The van der Waals surface area contributed by atoms with Crippen molar-refractivity contribution in [2.24, 2.45) is 5.73 Å². The lowest BCUT2D eigenvalue weighted by molar-refractivity contribution is 0.1000. The van der Waals surface area contributed by atoms with E-state index in [2.05, 4.69) is 6.07 Å². The smallest absolute Gasteiger partial charge is 0.248 e. The van der Waals surface area contributed by atoms with Crippen LogP contribution in [0.25, 0.3) is 0 Å². The van der Waals surface area contributed by atoms with E-state index in [0.717, 1.165) is 11.3 Å². The summed E-state index contributed by atoms with van der Waals surface area (Å²) in [5.74, 6) is 1.12. The summed E-state index contributed by atoms with van der Waals surface area (Å²) in [5, 5.41) is 0. The summed E-state index contributed by atoms with van der Waals surface area (Å²) in [6.07, 6.45) is 0. The first-order valence-electron chi connectivity index (χ1n) is 6.79. The Balaban J connectivity index is 1.81. The first-order chi connectivity index (χ1) is 10.1. The summed E-state index contributed by atoms with van der Waals surface area (Å²) in [5.41, 5.74) is 7.91. The van der Waals surface area contributed by atoms with Gasteiger partial charge in [-0.1, -0.05) is 12.1 Å². The zero-order valence-corrected chi connectivity index (χ0v) is 12.3. The number of primary amides is 1. The van der Waals surface area contributed by atoms with Crippen LogP contribution < -0.4 is 15.2 Å². The Bertz CT molecular complexity index is 620. The molecule has 2 N–H and O–H groups in total. The summed E-state index contributed by atoms with van der Waals surface area (Å²) < 4.78 is 11.3. The molecular weight excluding hydrogens is 266 g/mol. The summed E-state index contributed by atoms with van der Waals surface area (Å²) >= 11 is 0. The zero-order valence-electron chi connectivity index (χ0n) is 12.3. The molecule has 1 amide bonds. The number of hydrogen-bond donors (Lipinski definition) is 1. The third-order valence-electron chi connectivity index (χ3n) is 3.09. The lowest BCUT2D eigenvalue weighted by Gasteiger charge is -2.11. The Morgan fingerprint density at radius 2 is 1.67 bits per heavy atom. The molecule has 0 saturated heterocycles. The van der Waals surface area contributed by atoms with E-state index in [4.69, 9.17) is 15.2 Å². The van der Waals surface area contributed by atoms with Gasteiger partial charge >= 0.3 is 0 Å². The molecule has 4 heteroatoms. The van der Waals surface area contributed by atoms with E-state index < -0.39 is 5.91 Å². The van der Waals surface area contributed by atoms with Crippen LogP contribution in [0.3, 0.4) is 0 Å². The molecule has 0 aliphatic heterocycles. The van der Waals surface area contributed by atoms with Gasteiger partial charge in [0.1, 0.15) is 24.7 Å². The van der Waals surface area contributed by atoms with Crippen LogP contribution in [0, 0.1) is 13.8 Å². The van der Waals surface area contributed by atoms with Crippen LogP contribution in [0.2, 0.25) is 0 Å². The number of amides is 1. The van der Waals surface area contributed by atoms with Gasteiger partial charge in [-0.05, 0) is 55.3 Å². The van der Waals surface area contributed by atoms with Gasteiger partial charge in [-0.25, -0.2) is 0 Å². The summed E-state index contributed by atoms with van der Waals surface area (Å²) in [6.45, 7) is 4.94. The molecule has 0 aliphatic rings. The standard InChI is InChI=1S/C17H19NO3/c1-12-3-4-13(2)16(11-12)21-10-9-20-15-7-5-14(6-8-15)17(18)19/h3-8,11H,9-10H2,1-2H3,(H2,18,19). The van der Waals surface area contributed by atoms with Gasteiger partial charge in [0.05, 0.1) is 0 Å². The van der Waals surface area contributed by atoms with Crippen molar-refractivity contribution in [3.8, 4) is 11.5 Å². The normalized spacial score (nSPS) is 10.2. The molecule has 0 atom stereocenters.